The Morgan fingerprint density at radius 3 is 2.13 bits per heavy atom. The Kier molecular flexibility index (Phi) is 10.00. The summed E-state index contributed by atoms with van der Waals surface area (Å²) in [6.07, 6.45) is -5.11. The third kappa shape index (κ3) is 8.25. The van der Waals surface area contributed by atoms with Gasteiger partial charge < -0.3 is 29.0 Å². The van der Waals surface area contributed by atoms with Gasteiger partial charge in [-0.15, -0.1) is 0 Å². The molecule has 5 atom stereocenters. The lowest BCUT2D eigenvalue weighted by atomic mass is 9.96. The molecular weight excluding hydrogens is 513 g/mol. The maximum atomic E-state index is 14.1. The van der Waals surface area contributed by atoms with Gasteiger partial charge in [-0.25, -0.2) is 4.39 Å². The van der Waals surface area contributed by atoms with E-state index in [4.69, 9.17) is 23.7 Å². The maximum absolute atomic E-state index is 14.1. The Labute approximate surface area is 225 Å². The number of ether oxygens (including phenoxy) is 5. The fourth-order valence-electron chi connectivity index (χ4n) is 4.34. The number of esters is 3. The molecule has 0 unspecified atom stereocenters. The third-order valence-electron chi connectivity index (χ3n) is 5.87. The standard InChI is InChI=1S/C28H32FNO9/c1-15-25(36-17(3)32)26(37-18(4)33)27(38-19(5)34)28(35-15)39-23-10-9-20(11-12-30-16(2)31)24(14-23)21-7-6-8-22(29)13-21/h6-10,13-15,25-28H,11-12H2,1-5H3,(H,30,31)/t15-,25+,26+,27-,28-/m0/s1. The third-order valence-corrected chi connectivity index (χ3v) is 5.87. The van der Waals surface area contributed by atoms with E-state index in [-0.39, 0.29) is 5.91 Å². The zero-order chi connectivity index (χ0) is 28.7. The van der Waals surface area contributed by atoms with Crippen molar-refractivity contribution in [3.05, 3.63) is 53.8 Å². The fraction of sp³-hybridized carbons (Fsp3) is 0.429. The average Bonchev–Trinajstić information content (AvgIpc) is 2.83. The van der Waals surface area contributed by atoms with Gasteiger partial charge >= 0.3 is 17.9 Å². The summed E-state index contributed by atoms with van der Waals surface area (Å²) in [5.41, 5.74) is 2.06. The van der Waals surface area contributed by atoms with Crippen LogP contribution in [0.15, 0.2) is 42.5 Å². The Morgan fingerprint density at radius 2 is 1.51 bits per heavy atom. The van der Waals surface area contributed by atoms with Crippen LogP contribution in [0.1, 0.15) is 40.2 Å². The van der Waals surface area contributed by atoms with Crippen LogP contribution in [0.2, 0.25) is 0 Å². The number of carbonyl (C=O) groups excluding carboxylic acids is 4. The molecule has 10 nitrogen and oxygen atoms in total. The van der Waals surface area contributed by atoms with E-state index in [1.807, 2.05) is 0 Å². The summed E-state index contributed by atoms with van der Waals surface area (Å²) in [5.74, 6) is -2.32. The molecule has 1 amide bonds. The lowest BCUT2D eigenvalue weighted by Crippen LogP contribution is -2.62. The number of hydrogen-bond acceptors (Lipinski definition) is 9. The van der Waals surface area contributed by atoms with Gasteiger partial charge in [0.15, 0.2) is 12.2 Å². The minimum absolute atomic E-state index is 0.170. The summed E-state index contributed by atoms with van der Waals surface area (Å²) in [6, 6.07) is 11.1. The molecule has 2 aromatic rings. The minimum atomic E-state index is -1.27. The van der Waals surface area contributed by atoms with Gasteiger partial charge in [0.1, 0.15) is 11.6 Å². The lowest BCUT2D eigenvalue weighted by Gasteiger charge is -2.43. The minimum Gasteiger partial charge on any atom is -0.461 e. The maximum Gasteiger partial charge on any atom is 0.303 e. The number of rotatable bonds is 9. The summed E-state index contributed by atoms with van der Waals surface area (Å²) in [6.45, 7) is 6.95. The summed E-state index contributed by atoms with van der Waals surface area (Å²) in [4.78, 5) is 46.9. The fourth-order valence-corrected chi connectivity index (χ4v) is 4.34. The van der Waals surface area contributed by atoms with Crippen molar-refractivity contribution < 1.29 is 47.3 Å². The van der Waals surface area contributed by atoms with E-state index in [1.54, 1.807) is 37.3 Å². The van der Waals surface area contributed by atoms with Crippen molar-refractivity contribution in [1.82, 2.24) is 5.32 Å². The van der Waals surface area contributed by atoms with Crippen molar-refractivity contribution >= 4 is 23.8 Å². The molecule has 11 heteroatoms. The van der Waals surface area contributed by atoms with Crippen LogP contribution in [0.3, 0.4) is 0 Å². The highest BCUT2D eigenvalue weighted by molar-refractivity contribution is 5.73. The van der Waals surface area contributed by atoms with E-state index < -0.39 is 54.4 Å². The molecule has 0 saturated carbocycles. The lowest BCUT2D eigenvalue weighted by molar-refractivity contribution is -0.280. The predicted molar refractivity (Wildman–Crippen MR) is 136 cm³/mol. The van der Waals surface area contributed by atoms with Gasteiger partial charge in [-0.2, -0.15) is 0 Å². The number of nitrogens with one attached hydrogen (secondary N) is 1. The second-order valence-corrected chi connectivity index (χ2v) is 9.11. The molecule has 39 heavy (non-hydrogen) atoms. The summed E-state index contributed by atoms with van der Waals surface area (Å²) in [7, 11) is 0. The first kappa shape index (κ1) is 29.6. The van der Waals surface area contributed by atoms with Gasteiger partial charge in [0.25, 0.3) is 0 Å². The first-order valence-corrected chi connectivity index (χ1v) is 12.4. The van der Waals surface area contributed by atoms with Crippen LogP contribution in [-0.2, 0) is 44.5 Å². The highest BCUT2D eigenvalue weighted by Gasteiger charge is 2.51. The van der Waals surface area contributed by atoms with E-state index in [9.17, 15) is 23.6 Å². The number of amides is 1. The van der Waals surface area contributed by atoms with E-state index in [0.717, 1.165) is 5.56 Å². The molecule has 1 heterocycles. The van der Waals surface area contributed by atoms with Crippen LogP contribution < -0.4 is 10.1 Å². The molecule has 0 bridgehead atoms. The van der Waals surface area contributed by atoms with Crippen molar-refractivity contribution in [2.24, 2.45) is 0 Å². The molecular formula is C28H32FNO9. The summed E-state index contributed by atoms with van der Waals surface area (Å²) in [5, 5.41) is 2.74. The smallest absolute Gasteiger partial charge is 0.303 e. The second kappa shape index (κ2) is 13.2. The molecule has 3 rings (SSSR count). The quantitative estimate of drug-likeness (QED) is 0.374. The van der Waals surface area contributed by atoms with E-state index in [0.29, 0.717) is 29.8 Å². The largest absolute Gasteiger partial charge is 0.461 e. The molecule has 1 aliphatic heterocycles. The van der Waals surface area contributed by atoms with Crippen LogP contribution in [-0.4, -0.2) is 61.1 Å². The summed E-state index contributed by atoms with van der Waals surface area (Å²) < 4.78 is 42.3. The molecule has 1 aliphatic rings. The number of hydrogen-bond donors (Lipinski definition) is 1. The van der Waals surface area contributed by atoms with Crippen LogP contribution in [0.25, 0.3) is 11.1 Å². The van der Waals surface area contributed by atoms with Gasteiger partial charge in [0, 0.05) is 34.2 Å². The van der Waals surface area contributed by atoms with Crippen molar-refractivity contribution in [3.8, 4) is 16.9 Å². The van der Waals surface area contributed by atoms with Gasteiger partial charge in [-0.3, -0.25) is 19.2 Å². The predicted octanol–water partition coefficient (Wildman–Crippen LogP) is 3.09. The molecule has 0 aromatic heterocycles. The Morgan fingerprint density at radius 1 is 0.872 bits per heavy atom. The number of halogens is 1. The number of benzene rings is 2. The second-order valence-electron chi connectivity index (χ2n) is 9.11. The first-order chi connectivity index (χ1) is 18.4. The van der Waals surface area contributed by atoms with Gasteiger partial charge in [0.05, 0.1) is 6.10 Å². The highest BCUT2D eigenvalue weighted by Crippen LogP contribution is 2.33. The molecule has 0 aliphatic carbocycles. The molecule has 2 aromatic carbocycles. The van der Waals surface area contributed by atoms with Crippen LogP contribution in [0, 0.1) is 5.82 Å². The molecule has 1 fully saturated rings. The highest BCUT2D eigenvalue weighted by atomic mass is 19.1. The Balaban J connectivity index is 1.98. The first-order valence-electron chi connectivity index (χ1n) is 12.4. The van der Waals surface area contributed by atoms with E-state index >= 15 is 0 Å². The zero-order valence-corrected chi connectivity index (χ0v) is 22.4. The Hall–Kier alpha value is -3.99. The molecule has 1 saturated heterocycles. The van der Waals surface area contributed by atoms with Gasteiger partial charge in [-0.05, 0) is 54.3 Å². The van der Waals surface area contributed by atoms with Crippen molar-refractivity contribution in [3.63, 3.8) is 0 Å². The molecule has 0 radical (unpaired) electrons. The Bertz CT molecular complexity index is 1220. The van der Waals surface area contributed by atoms with Crippen molar-refractivity contribution in [2.45, 2.75) is 71.7 Å². The number of carbonyl (C=O) groups is 4. The van der Waals surface area contributed by atoms with Crippen LogP contribution in [0.5, 0.6) is 5.75 Å². The van der Waals surface area contributed by atoms with E-state index in [1.165, 1.54) is 39.8 Å². The van der Waals surface area contributed by atoms with Crippen LogP contribution >= 0.6 is 0 Å². The van der Waals surface area contributed by atoms with Gasteiger partial charge in [-0.1, -0.05) is 18.2 Å². The van der Waals surface area contributed by atoms with E-state index in [2.05, 4.69) is 5.32 Å². The normalized spacial score (nSPS) is 22.4. The van der Waals surface area contributed by atoms with Crippen molar-refractivity contribution in [2.75, 3.05) is 6.54 Å². The van der Waals surface area contributed by atoms with Gasteiger partial charge in [0.2, 0.25) is 18.3 Å². The zero-order valence-electron chi connectivity index (χ0n) is 22.4. The topological polar surface area (TPSA) is 126 Å². The SMILES string of the molecule is CC(=O)NCCc1ccc(O[C@@H]2O[C@@H](C)[C@@H](OC(C)=O)[C@@H](OC(C)=O)[C@@H]2OC(C)=O)cc1-c1cccc(F)c1. The molecule has 1 N–H and O–H groups in total. The monoisotopic (exact) mass is 545 g/mol. The summed E-state index contributed by atoms with van der Waals surface area (Å²) >= 11 is 0. The van der Waals surface area contributed by atoms with Crippen molar-refractivity contribution in [1.29, 1.82) is 0 Å². The van der Waals surface area contributed by atoms with Crippen LogP contribution in [0.4, 0.5) is 4.39 Å². The molecule has 210 valence electrons. The molecule has 0 spiro atoms. The average molecular weight is 546 g/mol.